The first-order valence-electron chi connectivity index (χ1n) is 8.82. The number of nitrogens with zero attached hydrogens (tertiary/aromatic N) is 2. The molecule has 0 saturated carbocycles. The number of carbonyl (C=O) groups excluding carboxylic acids is 1. The van der Waals surface area contributed by atoms with Gasteiger partial charge in [-0.15, -0.1) is 0 Å². The Balaban J connectivity index is 1.82. The molecule has 3 rings (SSSR count). The first-order valence-corrected chi connectivity index (χ1v) is 10.3. The molecule has 1 N–H and O–H groups in total. The number of aromatic nitrogens is 1. The van der Waals surface area contributed by atoms with Gasteiger partial charge in [0.1, 0.15) is 10.6 Å². The Kier molecular flexibility index (Phi) is 5.20. The van der Waals surface area contributed by atoms with Crippen molar-refractivity contribution in [1.29, 1.82) is 0 Å². The van der Waals surface area contributed by atoms with Gasteiger partial charge in [0.2, 0.25) is 10.0 Å². The first-order chi connectivity index (χ1) is 12.3. The highest BCUT2D eigenvalue weighted by Crippen LogP contribution is 2.25. The Morgan fingerprint density at radius 2 is 1.85 bits per heavy atom. The Morgan fingerprint density at radius 1 is 1.19 bits per heavy atom. The van der Waals surface area contributed by atoms with Crippen LogP contribution < -0.4 is 5.32 Å². The van der Waals surface area contributed by atoms with Crippen molar-refractivity contribution in [2.75, 3.05) is 18.4 Å². The fourth-order valence-corrected chi connectivity index (χ4v) is 4.72. The minimum Gasteiger partial charge on any atom is -0.345 e. The SMILES string of the molecule is Cc1ccccc1NC(=O)c1cc(S(=O)(=O)N2CCC(C)CC2)cn1C. The molecule has 1 fully saturated rings. The summed E-state index contributed by atoms with van der Waals surface area (Å²) in [6, 6.07) is 8.94. The highest BCUT2D eigenvalue weighted by atomic mass is 32.2. The molecule has 2 aromatic rings. The third kappa shape index (κ3) is 3.68. The average Bonchev–Trinajstić information content (AvgIpc) is 3.00. The Hall–Kier alpha value is -2.12. The number of piperidine rings is 1. The van der Waals surface area contributed by atoms with Crippen LogP contribution in [0.2, 0.25) is 0 Å². The van der Waals surface area contributed by atoms with Gasteiger partial charge in [0.25, 0.3) is 5.91 Å². The van der Waals surface area contributed by atoms with Gasteiger partial charge in [-0.25, -0.2) is 8.42 Å². The molecular weight excluding hydrogens is 350 g/mol. The van der Waals surface area contributed by atoms with E-state index in [-0.39, 0.29) is 10.8 Å². The van der Waals surface area contributed by atoms with E-state index < -0.39 is 10.0 Å². The monoisotopic (exact) mass is 375 g/mol. The van der Waals surface area contributed by atoms with Crippen LogP contribution in [-0.4, -0.2) is 36.3 Å². The minimum absolute atomic E-state index is 0.171. The number of carbonyl (C=O) groups is 1. The van der Waals surface area contributed by atoms with Crippen molar-refractivity contribution in [1.82, 2.24) is 8.87 Å². The van der Waals surface area contributed by atoms with Gasteiger partial charge in [0, 0.05) is 32.0 Å². The number of para-hydroxylation sites is 1. The summed E-state index contributed by atoms with van der Waals surface area (Å²) in [6.45, 7) is 5.11. The fraction of sp³-hybridized carbons (Fsp3) is 0.421. The number of benzene rings is 1. The summed E-state index contributed by atoms with van der Waals surface area (Å²) < 4.78 is 28.8. The maximum atomic E-state index is 12.9. The summed E-state index contributed by atoms with van der Waals surface area (Å²) >= 11 is 0. The number of rotatable bonds is 4. The predicted molar refractivity (Wildman–Crippen MR) is 102 cm³/mol. The van der Waals surface area contributed by atoms with Crippen molar-refractivity contribution in [3.8, 4) is 0 Å². The average molecular weight is 375 g/mol. The highest BCUT2D eigenvalue weighted by molar-refractivity contribution is 7.89. The van der Waals surface area contributed by atoms with Crippen LogP contribution in [0, 0.1) is 12.8 Å². The molecule has 1 aliphatic heterocycles. The highest BCUT2D eigenvalue weighted by Gasteiger charge is 2.30. The molecule has 1 aromatic heterocycles. The summed E-state index contributed by atoms with van der Waals surface area (Å²) in [6.07, 6.45) is 3.25. The largest absolute Gasteiger partial charge is 0.345 e. The fourth-order valence-electron chi connectivity index (χ4n) is 3.17. The van der Waals surface area contributed by atoms with E-state index in [2.05, 4.69) is 12.2 Å². The third-order valence-electron chi connectivity index (χ3n) is 4.99. The van der Waals surface area contributed by atoms with E-state index in [0.717, 1.165) is 18.4 Å². The van der Waals surface area contributed by atoms with Crippen LogP contribution in [0.3, 0.4) is 0 Å². The molecule has 26 heavy (non-hydrogen) atoms. The molecule has 0 spiro atoms. The zero-order valence-corrected chi connectivity index (χ0v) is 16.2. The first kappa shape index (κ1) is 18.7. The molecule has 7 heteroatoms. The van der Waals surface area contributed by atoms with Crippen LogP contribution in [0.1, 0.15) is 35.8 Å². The van der Waals surface area contributed by atoms with Gasteiger partial charge in [-0.1, -0.05) is 25.1 Å². The maximum absolute atomic E-state index is 12.9. The van der Waals surface area contributed by atoms with E-state index in [9.17, 15) is 13.2 Å². The van der Waals surface area contributed by atoms with Crippen molar-refractivity contribution in [2.45, 2.75) is 31.6 Å². The van der Waals surface area contributed by atoms with Crippen LogP contribution in [0.25, 0.3) is 0 Å². The summed E-state index contributed by atoms with van der Waals surface area (Å²) in [7, 11) is -1.88. The van der Waals surface area contributed by atoms with E-state index in [0.29, 0.717) is 30.4 Å². The van der Waals surface area contributed by atoms with Crippen molar-refractivity contribution < 1.29 is 13.2 Å². The number of anilines is 1. The topological polar surface area (TPSA) is 71.4 Å². The lowest BCUT2D eigenvalue weighted by Crippen LogP contribution is -2.37. The molecule has 0 atom stereocenters. The van der Waals surface area contributed by atoms with Crippen LogP contribution >= 0.6 is 0 Å². The summed E-state index contributed by atoms with van der Waals surface area (Å²) in [4.78, 5) is 12.8. The van der Waals surface area contributed by atoms with Gasteiger partial charge in [0.15, 0.2) is 0 Å². The second-order valence-electron chi connectivity index (χ2n) is 7.03. The molecule has 0 aliphatic carbocycles. The van der Waals surface area contributed by atoms with Crippen molar-refractivity contribution in [3.05, 3.63) is 47.8 Å². The number of sulfonamides is 1. The predicted octanol–water partition coefficient (Wildman–Crippen LogP) is 3.01. The van der Waals surface area contributed by atoms with Crippen LogP contribution in [0.5, 0.6) is 0 Å². The molecule has 6 nitrogen and oxygen atoms in total. The lowest BCUT2D eigenvalue weighted by molar-refractivity contribution is 0.101. The quantitative estimate of drug-likeness (QED) is 0.893. The molecule has 2 heterocycles. The summed E-state index contributed by atoms with van der Waals surface area (Å²) in [5, 5.41) is 2.85. The van der Waals surface area contributed by atoms with Crippen LogP contribution in [-0.2, 0) is 17.1 Å². The Labute approximate surface area is 154 Å². The van der Waals surface area contributed by atoms with Gasteiger partial charge in [-0.2, -0.15) is 4.31 Å². The van der Waals surface area contributed by atoms with Gasteiger partial charge >= 0.3 is 0 Å². The Bertz CT molecular complexity index is 910. The smallest absolute Gasteiger partial charge is 0.272 e. The van der Waals surface area contributed by atoms with Crippen LogP contribution in [0.15, 0.2) is 41.4 Å². The van der Waals surface area contributed by atoms with E-state index >= 15 is 0 Å². The molecule has 0 unspecified atom stereocenters. The van der Waals surface area contributed by atoms with Crippen molar-refractivity contribution >= 4 is 21.6 Å². The number of amides is 1. The molecule has 1 aliphatic rings. The molecular formula is C19H25N3O3S. The lowest BCUT2D eigenvalue weighted by Gasteiger charge is -2.29. The van der Waals surface area contributed by atoms with Gasteiger partial charge in [-0.05, 0) is 43.4 Å². The van der Waals surface area contributed by atoms with E-state index in [1.165, 1.54) is 16.6 Å². The van der Waals surface area contributed by atoms with E-state index in [1.54, 1.807) is 11.6 Å². The van der Waals surface area contributed by atoms with Crippen molar-refractivity contribution in [3.63, 3.8) is 0 Å². The molecule has 1 aromatic carbocycles. The molecule has 140 valence electrons. The second kappa shape index (κ2) is 7.25. The molecule has 0 radical (unpaired) electrons. The van der Waals surface area contributed by atoms with Crippen molar-refractivity contribution in [2.24, 2.45) is 13.0 Å². The maximum Gasteiger partial charge on any atom is 0.272 e. The number of hydrogen-bond acceptors (Lipinski definition) is 3. The lowest BCUT2D eigenvalue weighted by atomic mass is 10.0. The molecule has 0 bridgehead atoms. The van der Waals surface area contributed by atoms with E-state index in [1.807, 2.05) is 31.2 Å². The number of aryl methyl sites for hydroxylation is 2. The second-order valence-corrected chi connectivity index (χ2v) is 8.97. The third-order valence-corrected chi connectivity index (χ3v) is 6.85. The van der Waals surface area contributed by atoms with Gasteiger partial charge in [-0.3, -0.25) is 4.79 Å². The molecule has 1 saturated heterocycles. The molecule has 1 amide bonds. The Morgan fingerprint density at radius 3 is 2.50 bits per heavy atom. The van der Waals surface area contributed by atoms with E-state index in [4.69, 9.17) is 0 Å². The zero-order valence-electron chi connectivity index (χ0n) is 15.4. The minimum atomic E-state index is -3.57. The standard InChI is InChI=1S/C19H25N3O3S/c1-14-8-10-22(11-9-14)26(24,25)16-12-18(21(3)13-16)19(23)20-17-7-5-4-6-15(17)2/h4-7,12-14H,8-11H2,1-3H3,(H,20,23). The number of nitrogens with one attached hydrogen (secondary N) is 1. The normalized spacial score (nSPS) is 16.6. The summed E-state index contributed by atoms with van der Waals surface area (Å²) in [5.41, 5.74) is 1.98. The van der Waals surface area contributed by atoms with Gasteiger partial charge < -0.3 is 9.88 Å². The zero-order chi connectivity index (χ0) is 18.9. The number of hydrogen-bond donors (Lipinski definition) is 1. The van der Waals surface area contributed by atoms with Gasteiger partial charge in [0.05, 0.1) is 0 Å². The van der Waals surface area contributed by atoms with Crippen LogP contribution in [0.4, 0.5) is 5.69 Å². The summed E-state index contributed by atoms with van der Waals surface area (Å²) in [5.74, 6) is 0.225.